The predicted molar refractivity (Wildman–Crippen MR) is 86.2 cm³/mol. The largest absolute Gasteiger partial charge is 0.447 e. The molecule has 1 amide bonds. The number of oxazole rings is 1. The monoisotopic (exact) mass is 314 g/mol. The van der Waals surface area contributed by atoms with Gasteiger partial charge in [0, 0.05) is 12.5 Å². The number of aromatic nitrogens is 1. The summed E-state index contributed by atoms with van der Waals surface area (Å²) >= 11 is 0. The fourth-order valence-corrected chi connectivity index (χ4v) is 2.94. The Bertz CT molecular complexity index is 666. The molecule has 0 unspecified atom stereocenters. The minimum absolute atomic E-state index is 0.00770. The highest BCUT2D eigenvalue weighted by Crippen LogP contribution is 2.29. The van der Waals surface area contributed by atoms with Crippen molar-refractivity contribution in [2.75, 3.05) is 13.2 Å². The van der Waals surface area contributed by atoms with Crippen molar-refractivity contribution in [2.24, 2.45) is 0 Å². The summed E-state index contributed by atoms with van der Waals surface area (Å²) in [4.78, 5) is 19.1. The van der Waals surface area contributed by atoms with Crippen LogP contribution in [0.1, 0.15) is 54.5 Å². The molecule has 0 spiro atoms. The molecule has 23 heavy (non-hydrogen) atoms. The standard InChI is InChI=1S/C18H22N2O3/c1-12(2)17-16(19-11-23-17)18(21)20-9-13(3)22-10-15(20)14-7-5-4-6-8-14/h4-8,11-13,15H,9-10H2,1-3H3/t13-,15+/m1/s1. The molecule has 3 rings (SSSR count). The highest BCUT2D eigenvalue weighted by Gasteiger charge is 2.34. The van der Waals surface area contributed by atoms with Crippen molar-refractivity contribution in [3.63, 3.8) is 0 Å². The smallest absolute Gasteiger partial charge is 0.276 e. The Labute approximate surface area is 136 Å². The molecule has 122 valence electrons. The van der Waals surface area contributed by atoms with Crippen molar-refractivity contribution in [1.82, 2.24) is 9.88 Å². The number of benzene rings is 1. The van der Waals surface area contributed by atoms with Gasteiger partial charge in [-0.1, -0.05) is 44.2 Å². The van der Waals surface area contributed by atoms with Crippen LogP contribution in [-0.4, -0.2) is 35.0 Å². The first-order valence-corrected chi connectivity index (χ1v) is 7.98. The van der Waals surface area contributed by atoms with Gasteiger partial charge in [-0.25, -0.2) is 4.98 Å². The van der Waals surface area contributed by atoms with E-state index in [1.165, 1.54) is 6.39 Å². The summed E-state index contributed by atoms with van der Waals surface area (Å²) in [7, 11) is 0. The summed E-state index contributed by atoms with van der Waals surface area (Å²) in [6.07, 6.45) is 1.36. The van der Waals surface area contributed by atoms with E-state index in [-0.39, 0.29) is 24.0 Å². The first kappa shape index (κ1) is 15.7. The topological polar surface area (TPSA) is 55.6 Å². The molecule has 0 radical (unpaired) electrons. The summed E-state index contributed by atoms with van der Waals surface area (Å²) in [6, 6.07) is 9.87. The highest BCUT2D eigenvalue weighted by molar-refractivity contribution is 5.93. The molecule has 1 fully saturated rings. The molecule has 5 heteroatoms. The maximum atomic E-state index is 13.1. The maximum Gasteiger partial charge on any atom is 0.276 e. The second-order valence-electron chi connectivity index (χ2n) is 6.25. The van der Waals surface area contributed by atoms with E-state index in [1.807, 2.05) is 56.0 Å². The fourth-order valence-electron chi connectivity index (χ4n) is 2.94. The minimum Gasteiger partial charge on any atom is -0.447 e. The lowest BCUT2D eigenvalue weighted by atomic mass is 10.0. The number of ether oxygens (including phenoxy) is 1. The van der Waals surface area contributed by atoms with Crippen LogP contribution in [0, 0.1) is 0 Å². The number of carbonyl (C=O) groups is 1. The number of amides is 1. The van der Waals surface area contributed by atoms with Gasteiger partial charge in [0.2, 0.25) is 0 Å². The van der Waals surface area contributed by atoms with Crippen LogP contribution >= 0.6 is 0 Å². The van der Waals surface area contributed by atoms with Gasteiger partial charge in [-0.15, -0.1) is 0 Å². The SMILES string of the molecule is CC(C)c1ocnc1C(=O)N1C[C@@H](C)OC[C@H]1c1ccccc1. The lowest BCUT2D eigenvalue weighted by Gasteiger charge is -2.38. The molecule has 1 aromatic carbocycles. The normalized spacial score (nSPS) is 21.7. The third-order valence-corrected chi connectivity index (χ3v) is 4.14. The van der Waals surface area contributed by atoms with Gasteiger partial charge in [0.15, 0.2) is 12.1 Å². The van der Waals surface area contributed by atoms with Crippen LogP contribution in [0.3, 0.4) is 0 Å². The summed E-state index contributed by atoms with van der Waals surface area (Å²) in [5.41, 5.74) is 1.48. The van der Waals surface area contributed by atoms with Crippen molar-refractivity contribution in [3.05, 3.63) is 53.7 Å². The van der Waals surface area contributed by atoms with Crippen LogP contribution in [0.15, 0.2) is 41.1 Å². The summed E-state index contributed by atoms with van der Waals surface area (Å²) in [6.45, 7) is 7.00. The zero-order valence-corrected chi connectivity index (χ0v) is 13.7. The van der Waals surface area contributed by atoms with Gasteiger partial charge >= 0.3 is 0 Å². The fraction of sp³-hybridized carbons (Fsp3) is 0.444. The molecule has 1 saturated heterocycles. The molecule has 0 bridgehead atoms. The van der Waals surface area contributed by atoms with Gasteiger partial charge in [0.25, 0.3) is 5.91 Å². The number of morpholine rings is 1. The Morgan fingerprint density at radius 1 is 1.30 bits per heavy atom. The lowest BCUT2D eigenvalue weighted by Crippen LogP contribution is -2.47. The van der Waals surface area contributed by atoms with Crippen molar-refractivity contribution >= 4 is 5.91 Å². The number of hydrogen-bond acceptors (Lipinski definition) is 4. The maximum absolute atomic E-state index is 13.1. The zero-order valence-electron chi connectivity index (χ0n) is 13.7. The predicted octanol–water partition coefficient (Wildman–Crippen LogP) is 3.40. The van der Waals surface area contributed by atoms with Crippen molar-refractivity contribution in [3.8, 4) is 0 Å². The molecule has 0 aliphatic carbocycles. The van der Waals surface area contributed by atoms with Crippen LogP contribution in [0.5, 0.6) is 0 Å². The van der Waals surface area contributed by atoms with Crippen LogP contribution < -0.4 is 0 Å². The van der Waals surface area contributed by atoms with Crippen LogP contribution in [-0.2, 0) is 4.74 Å². The van der Waals surface area contributed by atoms with Gasteiger partial charge in [-0.05, 0) is 12.5 Å². The molecule has 2 atom stereocenters. The molecule has 1 aliphatic rings. The summed E-state index contributed by atoms with van der Waals surface area (Å²) in [5.74, 6) is 0.664. The minimum atomic E-state index is -0.100. The quantitative estimate of drug-likeness (QED) is 0.871. The van der Waals surface area contributed by atoms with E-state index < -0.39 is 0 Å². The van der Waals surface area contributed by atoms with E-state index >= 15 is 0 Å². The molecular weight excluding hydrogens is 292 g/mol. The highest BCUT2D eigenvalue weighted by atomic mass is 16.5. The van der Waals surface area contributed by atoms with E-state index in [9.17, 15) is 4.79 Å². The third kappa shape index (κ3) is 3.15. The molecule has 1 aromatic heterocycles. The van der Waals surface area contributed by atoms with E-state index in [4.69, 9.17) is 9.15 Å². The van der Waals surface area contributed by atoms with E-state index in [0.717, 1.165) is 5.56 Å². The van der Waals surface area contributed by atoms with Gasteiger partial charge in [0.1, 0.15) is 5.76 Å². The second kappa shape index (κ2) is 6.54. The van der Waals surface area contributed by atoms with Crippen molar-refractivity contribution in [1.29, 1.82) is 0 Å². The van der Waals surface area contributed by atoms with E-state index in [0.29, 0.717) is 24.6 Å². The van der Waals surface area contributed by atoms with Crippen molar-refractivity contribution in [2.45, 2.75) is 38.8 Å². The second-order valence-corrected chi connectivity index (χ2v) is 6.25. The zero-order chi connectivity index (χ0) is 16.4. The molecule has 1 aliphatic heterocycles. The lowest BCUT2D eigenvalue weighted by molar-refractivity contribution is -0.0450. The molecule has 2 aromatic rings. The van der Waals surface area contributed by atoms with Gasteiger partial charge < -0.3 is 14.1 Å². The summed E-state index contributed by atoms with van der Waals surface area (Å²) < 4.78 is 11.2. The molecule has 5 nitrogen and oxygen atoms in total. The van der Waals surface area contributed by atoms with Crippen LogP contribution in [0.2, 0.25) is 0 Å². The van der Waals surface area contributed by atoms with Crippen LogP contribution in [0.25, 0.3) is 0 Å². The Hall–Kier alpha value is -2.14. The number of carbonyl (C=O) groups excluding carboxylic acids is 1. The molecule has 0 saturated carbocycles. The summed E-state index contributed by atoms with van der Waals surface area (Å²) in [5, 5.41) is 0. The first-order valence-electron chi connectivity index (χ1n) is 7.98. The Kier molecular flexibility index (Phi) is 4.48. The average molecular weight is 314 g/mol. The number of rotatable bonds is 3. The Morgan fingerprint density at radius 3 is 2.74 bits per heavy atom. The van der Waals surface area contributed by atoms with Crippen LogP contribution in [0.4, 0.5) is 0 Å². The average Bonchev–Trinajstić information content (AvgIpc) is 3.05. The van der Waals surface area contributed by atoms with Crippen molar-refractivity contribution < 1.29 is 13.9 Å². The van der Waals surface area contributed by atoms with E-state index in [1.54, 1.807) is 0 Å². The van der Waals surface area contributed by atoms with E-state index in [2.05, 4.69) is 4.98 Å². The third-order valence-electron chi connectivity index (χ3n) is 4.14. The molecular formula is C18H22N2O3. The molecule has 2 heterocycles. The van der Waals surface area contributed by atoms with Gasteiger partial charge in [-0.2, -0.15) is 0 Å². The number of nitrogens with zero attached hydrogens (tertiary/aromatic N) is 2. The van der Waals surface area contributed by atoms with Gasteiger partial charge in [-0.3, -0.25) is 4.79 Å². The number of hydrogen-bond donors (Lipinski definition) is 0. The molecule has 0 N–H and O–H groups in total. The Morgan fingerprint density at radius 2 is 2.04 bits per heavy atom. The first-order chi connectivity index (χ1) is 11.1. The Balaban J connectivity index is 1.93. The van der Waals surface area contributed by atoms with Gasteiger partial charge in [0.05, 0.1) is 18.8 Å².